The molecule has 19 heavy (non-hydrogen) atoms. The first-order chi connectivity index (χ1) is 8.97. The van der Waals surface area contributed by atoms with Crippen LogP contribution in [0.4, 0.5) is 14.5 Å². The Morgan fingerprint density at radius 3 is 2.58 bits per heavy atom. The number of aromatic hydroxyl groups is 1. The minimum atomic E-state index is -0.908. The molecule has 2 rings (SSSR count). The molecule has 0 bridgehead atoms. The van der Waals surface area contributed by atoms with Crippen molar-refractivity contribution in [2.75, 3.05) is 5.32 Å². The van der Waals surface area contributed by atoms with Crippen LogP contribution in [-0.4, -0.2) is 11.0 Å². The number of carbonyl (C=O) groups is 1. The Balaban J connectivity index is 2.28. The highest BCUT2D eigenvalue weighted by atomic mass is 35.5. The molecule has 0 fully saturated rings. The number of phenolic OH excluding ortho intramolecular Hbond substituents is 1. The number of halogens is 3. The molecule has 0 aliphatic rings. The molecule has 1 amide bonds. The van der Waals surface area contributed by atoms with Crippen molar-refractivity contribution in [3.63, 3.8) is 0 Å². The topological polar surface area (TPSA) is 49.3 Å². The second-order valence-electron chi connectivity index (χ2n) is 3.74. The van der Waals surface area contributed by atoms with Gasteiger partial charge in [-0.1, -0.05) is 11.6 Å². The molecule has 0 heterocycles. The van der Waals surface area contributed by atoms with E-state index in [9.17, 15) is 18.7 Å². The maximum atomic E-state index is 13.4. The summed E-state index contributed by atoms with van der Waals surface area (Å²) < 4.78 is 26.1. The van der Waals surface area contributed by atoms with Gasteiger partial charge in [-0.3, -0.25) is 4.79 Å². The monoisotopic (exact) mass is 283 g/mol. The molecule has 0 aliphatic carbocycles. The van der Waals surface area contributed by atoms with E-state index in [1.807, 2.05) is 0 Å². The van der Waals surface area contributed by atoms with Gasteiger partial charge in [0.05, 0.1) is 11.3 Å². The summed E-state index contributed by atoms with van der Waals surface area (Å²) in [4.78, 5) is 11.8. The van der Waals surface area contributed by atoms with Gasteiger partial charge in [0.2, 0.25) is 0 Å². The Labute approximate surface area is 112 Å². The Bertz CT molecular complexity index is 647. The summed E-state index contributed by atoms with van der Waals surface area (Å²) in [6.45, 7) is 0. The maximum Gasteiger partial charge on any atom is 0.259 e. The molecule has 3 nitrogen and oxygen atoms in total. The van der Waals surface area contributed by atoms with E-state index in [-0.39, 0.29) is 22.0 Å². The number of phenols is 1. The minimum Gasteiger partial charge on any atom is -0.507 e. The lowest BCUT2D eigenvalue weighted by atomic mass is 10.2. The van der Waals surface area contributed by atoms with Gasteiger partial charge in [-0.15, -0.1) is 0 Å². The van der Waals surface area contributed by atoms with Crippen LogP contribution in [0, 0.1) is 11.6 Å². The van der Waals surface area contributed by atoms with Crippen molar-refractivity contribution in [1.29, 1.82) is 0 Å². The van der Waals surface area contributed by atoms with E-state index in [0.29, 0.717) is 6.07 Å². The molecule has 0 aromatic heterocycles. The quantitative estimate of drug-likeness (QED) is 0.885. The van der Waals surface area contributed by atoms with Crippen LogP contribution in [0.25, 0.3) is 0 Å². The fraction of sp³-hybridized carbons (Fsp3) is 0. The molecule has 6 heteroatoms. The Hall–Kier alpha value is -2.14. The highest BCUT2D eigenvalue weighted by Crippen LogP contribution is 2.23. The Morgan fingerprint density at radius 1 is 1.16 bits per heavy atom. The summed E-state index contributed by atoms with van der Waals surface area (Å²) in [5.74, 6) is -2.69. The van der Waals surface area contributed by atoms with Crippen LogP contribution >= 0.6 is 11.6 Å². The number of nitrogens with one attached hydrogen (secondary N) is 1. The highest BCUT2D eigenvalue weighted by Gasteiger charge is 2.14. The normalized spacial score (nSPS) is 10.3. The van der Waals surface area contributed by atoms with Gasteiger partial charge in [0.25, 0.3) is 5.91 Å². The molecule has 2 aromatic rings. The van der Waals surface area contributed by atoms with Gasteiger partial charge < -0.3 is 10.4 Å². The Kier molecular flexibility index (Phi) is 3.66. The predicted octanol–water partition coefficient (Wildman–Crippen LogP) is 3.58. The van der Waals surface area contributed by atoms with E-state index in [2.05, 4.69) is 5.32 Å². The summed E-state index contributed by atoms with van der Waals surface area (Å²) in [5, 5.41) is 12.0. The van der Waals surface area contributed by atoms with E-state index in [0.717, 1.165) is 12.1 Å². The average Bonchev–Trinajstić information content (AvgIpc) is 2.35. The summed E-state index contributed by atoms with van der Waals surface area (Å²) in [6.07, 6.45) is 0. The molecule has 0 atom stereocenters. The third kappa shape index (κ3) is 3.00. The molecule has 0 aliphatic heterocycles. The second kappa shape index (κ2) is 5.24. The fourth-order valence-corrected chi connectivity index (χ4v) is 1.64. The predicted molar refractivity (Wildman–Crippen MR) is 67.4 cm³/mol. The molecule has 0 saturated carbocycles. The Morgan fingerprint density at radius 2 is 1.89 bits per heavy atom. The van der Waals surface area contributed by atoms with E-state index in [1.165, 1.54) is 18.2 Å². The van der Waals surface area contributed by atoms with Crippen molar-refractivity contribution in [3.8, 4) is 5.75 Å². The molecule has 2 N–H and O–H groups in total. The zero-order chi connectivity index (χ0) is 14.0. The van der Waals surface area contributed by atoms with Crippen LogP contribution in [0.15, 0.2) is 36.4 Å². The first kappa shape index (κ1) is 13.3. The maximum absolute atomic E-state index is 13.4. The molecule has 2 aromatic carbocycles. The molecular weight excluding hydrogens is 276 g/mol. The van der Waals surface area contributed by atoms with Gasteiger partial charge in [0.1, 0.15) is 17.4 Å². The van der Waals surface area contributed by atoms with Crippen molar-refractivity contribution in [1.82, 2.24) is 0 Å². The number of hydrogen-bond donors (Lipinski definition) is 2. The van der Waals surface area contributed by atoms with Gasteiger partial charge in [-0.25, -0.2) is 8.78 Å². The average molecular weight is 284 g/mol. The summed E-state index contributed by atoms with van der Waals surface area (Å²) >= 11 is 5.70. The highest BCUT2D eigenvalue weighted by molar-refractivity contribution is 6.31. The van der Waals surface area contributed by atoms with E-state index < -0.39 is 17.5 Å². The van der Waals surface area contributed by atoms with Gasteiger partial charge in [0, 0.05) is 11.1 Å². The number of benzene rings is 2. The number of hydrogen-bond acceptors (Lipinski definition) is 2. The van der Waals surface area contributed by atoms with Gasteiger partial charge in [-0.2, -0.15) is 0 Å². The van der Waals surface area contributed by atoms with Crippen molar-refractivity contribution in [2.45, 2.75) is 0 Å². The van der Waals surface area contributed by atoms with Crippen LogP contribution in [-0.2, 0) is 0 Å². The summed E-state index contributed by atoms with van der Waals surface area (Å²) in [5.41, 5.74) is -0.290. The van der Waals surface area contributed by atoms with Gasteiger partial charge >= 0.3 is 0 Å². The van der Waals surface area contributed by atoms with Crippen molar-refractivity contribution < 1.29 is 18.7 Å². The number of rotatable bonds is 2. The van der Waals surface area contributed by atoms with Gasteiger partial charge in [0.15, 0.2) is 0 Å². The van der Waals surface area contributed by atoms with Gasteiger partial charge in [-0.05, 0) is 30.3 Å². The lowest BCUT2D eigenvalue weighted by Gasteiger charge is -2.08. The summed E-state index contributed by atoms with van der Waals surface area (Å²) in [6, 6.07) is 6.65. The van der Waals surface area contributed by atoms with Crippen molar-refractivity contribution in [3.05, 3.63) is 58.6 Å². The van der Waals surface area contributed by atoms with Crippen molar-refractivity contribution >= 4 is 23.2 Å². The van der Waals surface area contributed by atoms with E-state index >= 15 is 0 Å². The lowest BCUT2D eigenvalue weighted by Crippen LogP contribution is -2.13. The van der Waals surface area contributed by atoms with Crippen LogP contribution in [0.3, 0.4) is 0 Å². The lowest BCUT2D eigenvalue weighted by molar-refractivity contribution is 0.102. The molecule has 0 radical (unpaired) electrons. The molecule has 0 unspecified atom stereocenters. The van der Waals surface area contributed by atoms with Crippen LogP contribution in [0.1, 0.15) is 10.4 Å². The molecule has 0 spiro atoms. The zero-order valence-corrected chi connectivity index (χ0v) is 10.2. The third-order valence-corrected chi connectivity index (χ3v) is 2.62. The van der Waals surface area contributed by atoms with Crippen molar-refractivity contribution in [2.24, 2.45) is 0 Å². The molecule has 0 saturated heterocycles. The molecular formula is C13H8ClF2NO2. The zero-order valence-electron chi connectivity index (χ0n) is 9.45. The number of anilines is 1. The van der Waals surface area contributed by atoms with E-state index in [1.54, 1.807) is 0 Å². The van der Waals surface area contributed by atoms with E-state index in [4.69, 9.17) is 11.6 Å². The first-order valence-electron chi connectivity index (χ1n) is 5.22. The largest absolute Gasteiger partial charge is 0.507 e. The first-order valence-corrected chi connectivity index (χ1v) is 5.60. The standard InChI is InChI=1S/C13H8ClF2NO2/c14-7-1-4-12(18)9(5-7)13(19)17-11-3-2-8(15)6-10(11)16/h1-6,18H,(H,17,19). The number of amides is 1. The van der Waals surface area contributed by atoms with Crippen LogP contribution in [0.5, 0.6) is 5.75 Å². The minimum absolute atomic E-state index is 0.101. The summed E-state index contributed by atoms with van der Waals surface area (Å²) in [7, 11) is 0. The van der Waals surface area contributed by atoms with Crippen LogP contribution < -0.4 is 5.32 Å². The third-order valence-electron chi connectivity index (χ3n) is 2.38. The molecule has 98 valence electrons. The second-order valence-corrected chi connectivity index (χ2v) is 4.18. The smallest absolute Gasteiger partial charge is 0.259 e. The fourth-order valence-electron chi connectivity index (χ4n) is 1.47. The number of carbonyl (C=O) groups excluding carboxylic acids is 1. The van der Waals surface area contributed by atoms with Crippen LogP contribution in [0.2, 0.25) is 5.02 Å². The SMILES string of the molecule is O=C(Nc1ccc(F)cc1F)c1cc(Cl)ccc1O.